The molecule has 1 aromatic rings. The summed E-state index contributed by atoms with van der Waals surface area (Å²) in [6.07, 6.45) is 18.1. The van der Waals surface area contributed by atoms with Crippen molar-refractivity contribution in [2.45, 2.75) is 136 Å². The van der Waals surface area contributed by atoms with Gasteiger partial charge in [-0.3, -0.25) is 0 Å². The normalized spacial score (nSPS) is 12.1. The van der Waals surface area contributed by atoms with Crippen molar-refractivity contribution in [2.24, 2.45) is 0 Å². The smallest absolute Gasteiger partial charge is 0.333 e. The van der Waals surface area contributed by atoms with Crippen molar-refractivity contribution in [1.82, 2.24) is 4.72 Å². The Morgan fingerprint density at radius 2 is 1.12 bits per heavy atom. The van der Waals surface area contributed by atoms with Gasteiger partial charge in [-0.15, -0.1) is 0 Å². The summed E-state index contributed by atoms with van der Waals surface area (Å²) in [5.41, 5.74) is 0.263. The van der Waals surface area contributed by atoms with Gasteiger partial charge in [-0.2, -0.15) is 0 Å². The summed E-state index contributed by atoms with van der Waals surface area (Å²) in [6.45, 7) is 10.6. The van der Waals surface area contributed by atoms with Gasteiger partial charge in [0.2, 0.25) is 10.0 Å². The van der Waals surface area contributed by atoms with Crippen LogP contribution in [0, 0.1) is 0 Å². The second-order valence-electron chi connectivity index (χ2n) is 10.4. The summed E-state index contributed by atoms with van der Waals surface area (Å²) in [6, 6.07) is 2.45. The fourth-order valence-electron chi connectivity index (χ4n) is 4.63. The molecular formula is C31H56N2O6S. The highest BCUT2D eigenvalue weighted by molar-refractivity contribution is 7.90. The maximum atomic E-state index is 12.8. The molecule has 9 heteroatoms. The monoisotopic (exact) mass is 584 g/mol. The van der Waals surface area contributed by atoms with E-state index in [1.54, 1.807) is 19.1 Å². The van der Waals surface area contributed by atoms with Crippen LogP contribution in [0.3, 0.4) is 0 Å². The van der Waals surface area contributed by atoms with Crippen LogP contribution in [-0.4, -0.2) is 39.5 Å². The van der Waals surface area contributed by atoms with Crippen LogP contribution in [0.25, 0.3) is 0 Å². The van der Waals surface area contributed by atoms with E-state index in [1.165, 1.54) is 70.6 Å². The minimum absolute atomic E-state index is 0.263. The molecule has 0 spiro atoms. The molecule has 1 atom stereocenters. The predicted molar refractivity (Wildman–Crippen MR) is 165 cm³/mol. The fourth-order valence-corrected chi connectivity index (χ4v) is 5.62. The van der Waals surface area contributed by atoms with Crippen molar-refractivity contribution in [3.05, 3.63) is 12.1 Å². The second-order valence-corrected chi connectivity index (χ2v) is 12.5. The van der Waals surface area contributed by atoms with Gasteiger partial charge in [-0.05, 0) is 34.1 Å². The molecule has 0 aliphatic carbocycles. The third-order valence-corrected chi connectivity index (χ3v) is 8.68. The number of hydrogen-bond acceptors (Lipinski definition) is 6. The summed E-state index contributed by atoms with van der Waals surface area (Å²) >= 11 is 0. The number of hydrogen-bond donors (Lipinski definition) is 2. The first kappa shape index (κ1) is 35.9. The number of benzene rings is 1. The highest BCUT2D eigenvalue weighted by Gasteiger charge is 2.24. The van der Waals surface area contributed by atoms with Crippen LogP contribution in [0.1, 0.15) is 131 Å². The molecule has 0 bridgehead atoms. The molecule has 40 heavy (non-hydrogen) atoms. The first-order chi connectivity index (χ1) is 19.3. The molecule has 0 saturated carbocycles. The number of amides is 2. The number of sulfonamides is 1. The Morgan fingerprint density at radius 3 is 1.55 bits per heavy atom. The first-order valence-electron chi connectivity index (χ1n) is 15.7. The van der Waals surface area contributed by atoms with Crippen LogP contribution in [0.15, 0.2) is 12.1 Å². The van der Waals surface area contributed by atoms with Crippen LogP contribution in [0.2, 0.25) is 0 Å². The van der Waals surface area contributed by atoms with Crippen LogP contribution in [0.4, 0.5) is 10.5 Å². The van der Waals surface area contributed by atoms with Crippen LogP contribution in [-0.2, 0) is 10.0 Å². The third kappa shape index (κ3) is 15.0. The van der Waals surface area contributed by atoms with Crippen molar-refractivity contribution in [3.8, 4) is 17.2 Å². The average molecular weight is 585 g/mol. The maximum absolute atomic E-state index is 12.8. The van der Waals surface area contributed by atoms with Crippen molar-refractivity contribution in [1.29, 1.82) is 0 Å². The fraction of sp³-hybridized carbons (Fsp3) is 0.774. The Balaban J connectivity index is 2.41. The number of ether oxygens (including phenoxy) is 3. The number of carbonyl (C=O) groups is 1. The van der Waals surface area contributed by atoms with Crippen LogP contribution >= 0.6 is 0 Å². The van der Waals surface area contributed by atoms with Gasteiger partial charge in [-0.25, -0.2) is 17.9 Å². The van der Waals surface area contributed by atoms with Gasteiger partial charge < -0.3 is 19.5 Å². The lowest BCUT2D eigenvalue weighted by Gasteiger charge is -2.19. The van der Waals surface area contributed by atoms with E-state index in [-0.39, 0.29) is 5.69 Å². The van der Waals surface area contributed by atoms with E-state index < -0.39 is 21.3 Å². The van der Waals surface area contributed by atoms with E-state index in [0.717, 1.165) is 19.3 Å². The molecule has 0 aromatic heterocycles. The molecule has 1 rings (SSSR count). The number of anilines is 1. The van der Waals surface area contributed by atoms with Gasteiger partial charge in [0.25, 0.3) is 0 Å². The lowest BCUT2D eigenvalue weighted by atomic mass is 10.0. The van der Waals surface area contributed by atoms with Gasteiger partial charge in [0, 0.05) is 12.1 Å². The topological polar surface area (TPSA) is 103 Å². The average Bonchev–Trinajstić information content (AvgIpc) is 2.90. The molecule has 0 heterocycles. The van der Waals surface area contributed by atoms with Gasteiger partial charge in [0.15, 0.2) is 0 Å². The molecule has 0 saturated heterocycles. The molecule has 0 fully saturated rings. The van der Waals surface area contributed by atoms with Crippen LogP contribution < -0.4 is 24.2 Å². The molecule has 0 aliphatic rings. The van der Waals surface area contributed by atoms with Crippen molar-refractivity contribution in [2.75, 3.05) is 25.1 Å². The quantitative estimate of drug-likeness (QED) is 0.118. The molecule has 8 nitrogen and oxygen atoms in total. The summed E-state index contributed by atoms with van der Waals surface area (Å²) in [4.78, 5) is 12.7. The Labute approximate surface area is 244 Å². The predicted octanol–water partition coefficient (Wildman–Crippen LogP) is 8.59. The van der Waals surface area contributed by atoms with E-state index >= 15 is 0 Å². The van der Waals surface area contributed by atoms with E-state index in [0.29, 0.717) is 43.5 Å². The van der Waals surface area contributed by atoms with Crippen molar-refractivity contribution in [3.63, 3.8) is 0 Å². The summed E-state index contributed by atoms with van der Waals surface area (Å²) in [5.74, 6) is 1.23. The summed E-state index contributed by atoms with van der Waals surface area (Å²) < 4.78 is 44.7. The van der Waals surface area contributed by atoms with E-state index in [4.69, 9.17) is 14.2 Å². The zero-order valence-electron chi connectivity index (χ0n) is 25.8. The van der Waals surface area contributed by atoms with Gasteiger partial charge in [-0.1, -0.05) is 96.8 Å². The Hall–Kier alpha value is -2.16. The maximum Gasteiger partial charge on any atom is 0.333 e. The zero-order chi connectivity index (χ0) is 29.6. The zero-order valence-corrected chi connectivity index (χ0v) is 26.6. The Morgan fingerprint density at radius 1 is 0.700 bits per heavy atom. The number of urea groups is 1. The molecule has 0 radical (unpaired) electrons. The van der Waals surface area contributed by atoms with Crippen molar-refractivity contribution < 1.29 is 27.4 Å². The minimum atomic E-state index is -3.83. The lowest BCUT2D eigenvalue weighted by Crippen LogP contribution is -2.39. The van der Waals surface area contributed by atoms with Gasteiger partial charge in [0.05, 0.1) is 25.1 Å². The highest BCUT2D eigenvalue weighted by Crippen LogP contribution is 2.39. The largest absolute Gasteiger partial charge is 0.494 e. The number of unbranched alkanes of at least 4 members (excludes halogenated alkanes) is 13. The molecular weight excluding hydrogens is 528 g/mol. The molecule has 1 unspecified atom stereocenters. The molecule has 2 N–H and O–H groups in total. The number of nitrogens with one attached hydrogen (secondary N) is 2. The lowest BCUT2D eigenvalue weighted by molar-refractivity contribution is 0.255. The Kier molecular flexibility index (Phi) is 19.3. The van der Waals surface area contributed by atoms with E-state index in [2.05, 4.69) is 17.0 Å². The molecule has 2 amide bonds. The minimum Gasteiger partial charge on any atom is -0.494 e. The van der Waals surface area contributed by atoms with Crippen LogP contribution in [0.5, 0.6) is 17.2 Å². The Bertz CT molecular complexity index is 895. The highest BCUT2D eigenvalue weighted by atomic mass is 32.2. The standard InChI is InChI=1S/C31H56N2O6S/c1-6-10-11-12-13-14-15-16-17-18-19-20-21-22-23-26(5)40(35,36)33-31(34)32-30-28(38-8-3)24-27(37-7-2)25-29(30)39-9-4/h24-26H,6-23H2,1-5H3,(H2,32,33,34). The first-order valence-corrected chi connectivity index (χ1v) is 17.2. The number of rotatable bonds is 24. The van der Waals surface area contributed by atoms with Crippen molar-refractivity contribution >= 4 is 21.7 Å². The summed E-state index contributed by atoms with van der Waals surface area (Å²) in [5, 5.41) is 1.94. The van der Waals surface area contributed by atoms with Gasteiger partial charge in [0.1, 0.15) is 22.9 Å². The van der Waals surface area contributed by atoms with E-state index in [1.807, 2.05) is 20.8 Å². The number of carbonyl (C=O) groups excluding carboxylic acids is 1. The third-order valence-electron chi connectivity index (χ3n) is 6.92. The second kappa shape index (κ2) is 21.6. The molecule has 1 aromatic carbocycles. The molecule has 232 valence electrons. The summed E-state index contributed by atoms with van der Waals surface area (Å²) in [7, 11) is -3.83. The van der Waals surface area contributed by atoms with E-state index in [9.17, 15) is 13.2 Å². The molecule has 0 aliphatic heterocycles. The van der Waals surface area contributed by atoms with Gasteiger partial charge >= 0.3 is 6.03 Å². The SMILES string of the molecule is CCCCCCCCCCCCCCCCC(C)S(=O)(=O)NC(=O)Nc1c(OCC)cc(OCC)cc1OCC.